The molecule has 0 aliphatic rings. The number of carbonyl (C=O) groups excluding carboxylic acids is 1. The smallest absolute Gasteiger partial charge is 0.257 e. The molecule has 7 heteroatoms. The molecule has 0 saturated heterocycles. The molecule has 3 N–H and O–H groups in total. The summed E-state index contributed by atoms with van der Waals surface area (Å²) in [6, 6.07) is 16.4. The Morgan fingerprint density at radius 1 is 1.04 bits per heavy atom. The Morgan fingerprint density at radius 3 is 2.43 bits per heavy atom. The monoisotopic (exact) mass is 323 g/mol. The average Bonchev–Trinajstić information content (AvgIpc) is 3.11. The lowest BCUT2D eigenvalue weighted by Gasteiger charge is -2.10. The molecule has 23 heavy (non-hydrogen) atoms. The lowest BCUT2D eigenvalue weighted by atomic mass is 10.2. The molecule has 114 valence electrons. The number of H-pyrrole nitrogens is 1. The highest BCUT2D eigenvalue weighted by atomic mass is 32.1. The Morgan fingerprint density at radius 2 is 1.78 bits per heavy atom. The molecule has 0 atom stereocenters. The summed E-state index contributed by atoms with van der Waals surface area (Å²) < 4.78 is 0. The van der Waals surface area contributed by atoms with E-state index < -0.39 is 0 Å². The number of carbonyl (C=O) groups is 1. The van der Waals surface area contributed by atoms with Gasteiger partial charge in [0.25, 0.3) is 5.91 Å². The van der Waals surface area contributed by atoms with Gasteiger partial charge in [-0.15, -0.1) is 0 Å². The van der Waals surface area contributed by atoms with Crippen LogP contribution in [0.15, 0.2) is 60.9 Å². The average molecular weight is 323 g/mol. The largest absolute Gasteiger partial charge is 0.332 e. The third-order valence-electron chi connectivity index (χ3n) is 3.09. The van der Waals surface area contributed by atoms with Crippen LogP contribution in [0.2, 0.25) is 0 Å². The zero-order chi connectivity index (χ0) is 16.1. The van der Waals surface area contributed by atoms with Crippen LogP contribution in [0.4, 0.5) is 5.69 Å². The fourth-order valence-electron chi connectivity index (χ4n) is 1.98. The van der Waals surface area contributed by atoms with Crippen LogP contribution in [-0.4, -0.2) is 26.2 Å². The first-order chi connectivity index (χ1) is 11.2. The molecule has 3 aromatic rings. The number of hydrogen-bond acceptors (Lipinski definition) is 4. The van der Waals surface area contributed by atoms with Crippen molar-refractivity contribution in [2.45, 2.75) is 0 Å². The van der Waals surface area contributed by atoms with Gasteiger partial charge in [-0.1, -0.05) is 18.2 Å². The van der Waals surface area contributed by atoms with Gasteiger partial charge in [-0.2, -0.15) is 5.10 Å². The normalized spacial score (nSPS) is 10.1. The van der Waals surface area contributed by atoms with Gasteiger partial charge in [-0.3, -0.25) is 15.2 Å². The summed E-state index contributed by atoms with van der Waals surface area (Å²) in [4.78, 5) is 16.1. The summed E-state index contributed by atoms with van der Waals surface area (Å²) in [6.45, 7) is 0. The molecule has 1 aromatic heterocycles. The van der Waals surface area contributed by atoms with E-state index in [9.17, 15) is 4.79 Å². The Balaban J connectivity index is 1.61. The molecule has 0 radical (unpaired) electrons. The van der Waals surface area contributed by atoms with Crippen molar-refractivity contribution >= 4 is 28.9 Å². The molecular formula is C16H13N5OS. The number of aromatic nitrogens is 3. The van der Waals surface area contributed by atoms with Crippen molar-refractivity contribution in [1.82, 2.24) is 20.5 Å². The minimum atomic E-state index is -0.249. The SMILES string of the molecule is O=C(NC(=S)Nc1ccc(-c2ncn[nH]2)cc1)c1ccccc1. The molecule has 0 fully saturated rings. The van der Waals surface area contributed by atoms with Crippen molar-refractivity contribution in [3.8, 4) is 11.4 Å². The maximum atomic E-state index is 12.0. The van der Waals surface area contributed by atoms with Crippen LogP contribution >= 0.6 is 12.2 Å². The molecule has 0 spiro atoms. The van der Waals surface area contributed by atoms with E-state index in [2.05, 4.69) is 25.8 Å². The van der Waals surface area contributed by atoms with Crippen LogP contribution in [0.1, 0.15) is 10.4 Å². The van der Waals surface area contributed by atoms with Crippen LogP contribution in [0.5, 0.6) is 0 Å². The number of anilines is 1. The highest BCUT2D eigenvalue weighted by Gasteiger charge is 2.07. The third-order valence-corrected chi connectivity index (χ3v) is 3.30. The lowest BCUT2D eigenvalue weighted by Crippen LogP contribution is -2.34. The highest BCUT2D eigenvalue weighted by molar-refractivity contribution is 7.80. The maximum absolute atomic E-state index is 12.0. The first kappa shape index (κ1) is 14.9. The van der Waals surface area contributed by atoms with Gasteiger partial charge in [-0.05, 0) is 48.6 Å². The Hall–Kier alpha value is -3.06. The van der Waals surface area contributed by atoms with Crippen molar-refractivity contribution in [1.29, 1.82) is 0 Å². The van der Waals surface area contributed by atoms with Gasteiger partial charge in [-0.25, -0.2) is 4.98 Å². The number of benzene rings is 2. The van der Waals surface area contributed by atoms with Crippen molar-refractivity contribution in [3.05, 3.63) is 66.5 Å². The third kappa shape index (κ3) is 3.78. The minimum absolute atomic E-state index is 0.242. The fourth-order valence-corrected chi connectivity index (χ4v) is 2.19. The number of nitrogens with one attached hydrogen (secondary N) is 3. The molecule has 1 amide bonds. The molecule has 3 rings (SSSR count). The van der Waals surface area contributed by atoms with E-state index in [1.807, 2.05) is 30.3 Å². The number of nitrogens with zero attached hydrogens (tertiary/aromatic N) is 2. The van der Waals surface area contributed by atoms with Crippen molar-refractivity contribution in [2.75, 3.05) is 5.32 Å². The Bertz CT molecular complexity index is 800. The fraction of sp³-hybridized carbons (Fsp3) is 0. The summed E-state index contributed by atoms with van der Waals surface area (Å²) in [5.74, 6) is 0.442. The van der Waals surface area contributed by atoms with E-state index in [0.29, 0.717) is 11.4 Å². The standard InChI is InChI=1S/C16H13N5OS/c22-15(12-4-2-1-3-5-12)20-16(23)19-13-8-6-11(7-9-13)14-17-10-18-21-14/h1-10H,(H,17,18,21)(H2,19,20,22,23). The molecule has 0 saturated carbocycles. The molecule has 0 aliphatic heterocycles. The van der Waals surface area contributed by atoms with E-state index in [0.717, 1.165) is 11.3 Å². The number of hydrogen-bond donors (Lipinski definition) is 3. The first-order valence-corrected chi connectivity index (χ1v) is 7.26. The topological polar surface area (TPSA) is 82.7 Å². The zero-order valence-corrected chi connectivity index (χ0v) is 12.8. The molecule has 1 heterocycles. The van der Waals surface area contributed by atoms with E-state index in [4.69, 9.17) is 12.2 Å². The van der Waals surface area contributed by atoms with E-state index >= 15 is 0 Å². The lowest BCUT2D eigenvalue weighted by molar-refractivity contribution is 0.0977. The number of thiocarbonyl (C=S) groups is 1. The predicted molar refractivity (Wildman–Crippen MR) is 91.9 cm³/mol. The molecule has 0 unspecified atom stereocenters. The van der Waals surface area contributed by atoms with Gasteiger partial charge < -0.3 is 5.32 Å². The Labute approximate surface area is 138 Å². The summed E-state index contributed by atoms with van der Waals surface area (Å²) in [7, 11) is 0. The summed E-state index contributed by atoms with van der Waals surface area (Å²) in [6.07, 6.45) is 1.45. The van der Waals surface area contributed by atoms with Crippen molar-refractivity contribution < 1.29 is 4.79 Å². The van der Waals surface area contributed by atoms with Gasteiger partial charge in [0.15, 0.2) is 10.9 Å². The molecular weight excluding hydrogens is 310 g/mol. The van der Waals surface area contributed by atoms with Gasteiger partial charge >= 0.3 is 0 Å². The quantitative estimate of drug-likeness (QED) is 0.645. The summed E-state index contributed by atoms with van der Waals surface area (Å²) in [5, 5.41) is 12.5. The van der Waals surface area contributed by atoms with Gasteiger partial charge in [0, 0.05) is 16.8 Å². The Kier molecular flexibility index (Phi) is 4.39. The second-order valence-electron chi connectivity index (χ2n) is 4.69. The highest BCUT2D eigenvalue weighted by Crippen LogP contribution is 2.17. The first-order valence-electron chi connectivity index (χ1n) is 6.85. The van der Waals surface area contributed by atoms with E-state index in [1.165, 1.54) is 6.33 Å². The summed E-state index contributed by atoms with van der Waals surface area (Å²) >= 11 is 5.15. The molecule has 2 aromatic carbocycles. The van der Waals surface area contributed by atoms with Crippen LogP contribution < -0.4 is 10.6 Å². The minimum Gasteiger partial charge on any atom is -0.332 e. The van der Waals surface area contributed by atoms with Crippen molar-refractivity contribution in [2.24, 2.45) is 0 Å². The van der Waals surface area contributed by atoms with E-state index in [1.54, 1.807) is 24.3 Å². The molecule has 6 nitrogen and oxygen atoms in total. The second-order valence-corrected chi connectivity index (χ2v) is 5.09. The molecule has 0 aliphatic carbocycles. The van der Waals surface area contributed by atoms with Crippen LogP contribution in [0, 0.1) is 0 Å². The van der Waals surface area contributed by atoms with Crippen LogP contribution in [0.3, 0.4) is 0 Å². The van der Waals surface area contributed by atoms with Crippen LogP contribution in [-0.2, 0) is 0 Å². The molecule has 0 bridgehead atoms. The van der Waals surface area contributed by atoms with Gasteiger partial charge in [0.2, 0.25) is 0 Å². The van der Waals surface area contributed by atoms with Crippen molar-refractivity contribution in [3.63, 3.8) is 0 Å². The summed E-state index contributed by atoms with van der Waals surface area (Å²) in [5.41, 5.74) is 2.23. The number of aromatic amines is 1. The zero-order valence-electron chi connectivity index (χ0n) is 12.0. The second kappa shape index (κ2) is 6.80. The number of rotatable bonds is 3. The predicted octanol–water partition coefficient (Wildman–Crippen LogP) is 2.60. The van der Waals surface area contributed by atoms with E-state index in [-0.39, 0.29) is 11.0 Å². The number of amides is 1. The van der Waals surface area contributed by atoms with Gasteiger partial charge in [0.1, 0.15) is 6.33 Å². The maximum Gasteiger partial charge on any atom is 0.257 e. The van der Waals surface area contributed by atoms with Crippen LogP contribution in [0.25, 0.3) is 11.4 Å². The van der Waals surface area contributed by atoms with Gasteiger partial charge in [0.05, 0.1) is 0 Å².